The molecule has 0 aromatic carbocycles. The van der Waals surface area contributed by atoms with E-state index < -0.39 is 5.97 Å². The van der Waals surface area contributed by atoms with Crippen LogP contribution in [0.2, 0.25) is 10.2 Å². The molecule has 1 aromatic heterocycles. The highest BCUT2D eigenvalue weighted by molar-refractivity contribution is 6.34. The molecule has 0 fully saturated rings. The monoisotopic (exact) mass is 219 g/mol. The number of hydrogen-bond donors (Lipinski definition) is 0. The normalized spacial score (nSPS) is 9.85. The van der Waals surface area contributed by atoms with Crippen LogP contribution in [0, 0.1) is 6.92 Å². The summed E-state index contributed by atoms with van der Waals surface area (Å²) in [5.74, 6) is -0.540. The summed E-state index contributed by atoms with van der Waals surface area (Å²) >= 11 is 11.4. The van der Waals surface area contributed by atoms with Crippen LogP contribution in [0.4, 0.5) is 0 Å². The molecule has 0 saturated carbocycles. The Kier molecular flexibility index (Phi) is 3.12. The van der Waals surface area contributed by atoms with Crippen molar-refractivity contribution in [2.75, 3.05) is 7.11 Å². The van der Waals surface area contributed by atoms with Crippen LogP contribution in [0.15, 0.2) is 6.07 Å². The molecule has 0 atom stereocenters. The molecule has 0 amide bonds. The van der Waals surface area contributed by atoms with Gasteiger partial charge in [-0.05, 0) is 13.0 Å². The Morgan fingerprint density at radius 3 is 2.69 bits per heavy atom. The van der Waals surface area contributed by atoms with E-state index in [-0.39, 0.29) is 10.8 Å². The summed E-state index contributed by atoms with van der Waals surface area (Å²) in [6.45, 7) is 1.68. The molecular formula is C8H7Cl2NO2. The van der Waals surface area contributed by atoms with Crippen molar-refractivity contribution in [1.82, 2.24) is 4.98 Å². The van der Waals surface area contributed by atoms with E-state index >= 15 is 0 Å². The van der Waals surface area contributed by atoms with Gasteiger partial charge in [0.05, 0.1) is 7.11 Å². The maximum Gasteiger partial charge on any atom is 0.357 e. The third kappa shape index (κ3) is 2.11. The molecule has 70 valence electrons. The van der Waals surface area contributed by atoms with Crippen LogP contribution in [0.5, 0.6) is 0 Å². The van der Waals surface area contributed by atoms with Crippen molar-refractivity contribution in [1.29, 1.82) is 0 Å². The van der Waals surface area contributed by atoms with Gasteiger partial charge in [-0.25, -0.2) is 9.78 Å². The first-order valence-electron chi connectivity index (χ1n) is 3.47. The van der Waals surface area contributed by atoms with Gasteiger partial charge in [0.15, 0.2) is 5.69 Å². The molecule has 0 aliphatic heterocycles. The van der Waals surface area contributed by atoms with Gasteiger partial charge in [-0.15, -0.1) is 0 Å². The molecule has 0 aliphatic rings. The van der Waals surface area contributed by atoms with Crippen molar-refractivity contribution in [2.45, 2.75) is 6.92 Å². The van der Waals surface area contributed by atoms with Gasteiger partial charge in [-0.3, -0.25) is 0 Å². The highest BCUT2D eigenvalue weighted by Crippen LogP contribution is 2.21. The highest BCUT2D eigenvalue weighted by atomic mass is 35.5. The lowest BCUT2D eigenvalue weighted by Crippen LogP contribution is -2.07. The first kappa shape index (κ1) is 10.3. The molecule has 5 heteroatoms. The Morgan fingerprint density at radius 2 is 2.15 bits per heavy atom. The molecule has 1 rings (SSSR count). The van der Waals surface area contributed by atoms with E-state index in [1.807, 2.05) is 0 Å². The van der Waals surface area contributed by atoms with Gasteiger partial charge in [0, 0.05) is 10.6 Å². The standard InChI is InChI=1S/C8H7Cl2NO2/c1-4-5(9)3-6(10)11-7(4)8(12)13-2/h3H,1-2H3. The van der Waals surface area contributed by atoms with Crippen LogP contribution in [0.3, 0.4) is 0 Å². The highest BCUT2D eigenvalue weighted by Gasteiger charge is 2.14. The first-order valence-corrected chi connectivity index (χ1v) is 4.22. The lowest BCUT2D eigenvalue weighted by molar-refractivity contribution is 0.0593. The SMILES string of the molecule is COC(=O)c1nc(Cl)cc(Cl)c1C. The first-order chi connectivity index (χ1) is 6.06. The Balaban J connectivity index is 3.28. The summed E-state index contributed by atoms with van der Waals surface area (Å²) in [4.78, 5) is 14.9. The molecule has 0 spiro atoms. The van der Waals surface area contributed by atoms with Crippen LogP contribution < -0.4 is 0 Å². The smallest absolute Gasteiger partial charge is 0.357 e. The van der Waals surface area contributed by atoms with Gasteiger partial charge >= 0.3 is 5.97 Å². The predicted octanol–water partition coefficient (Wildman–Crippen LogP) is 2.48. The molecule has 0 aliphatic carbocycles. The molecule has 13 heavy (non-hydrogen) atoms. The van der Waals surface area contributed by atoms with Crippen LogP contribution in [-0.4, -0.2) is 18.1 Å². The fourth-order valence-electron chi connectivity index (χ4n) is 0.844. The Labute approximate surface area is 85.6 Å². The number of methoxy groups -OCH3 is 1. The van der Waals surface area contributed by atoms with Crippen molar-refractivity contribution >= 4 is 29.2 Å². The van der Waals surface area contributed by atoms with Crippen LogP contribution in [0.25, 0.3) is 0 Å². The van der Waals surface area contributed by atoms with Crippen LogP contribution in [-0.2, 0) is 4.74 Å². The number of carbonyl (C=O) groups excluding carboxylic acids is 1. The molecule has 1 aromatic rings. The number of pyridine rings is 1. The van der Waals surface area contributed by atoms with Crippen molar-refractivity contribution in [3.8, 4) is 0 Å². The van der Waals surface area contributed by atoms with Crippen molar-refractivity contribution in [3.63, 3.8) is 0 Å². The summed E-state index contributed by atoms with van der Waals surface area (Å²) in [7, 11) is 1.28. The summed E-state index contributed by atoms with van der Waals surface area (Å²) in [5.41, 5.74) is 0.720. The fourth-order valence-corrected chi connectivity index (χ4v) is 1.29. The summed E-state index contributed by atoms with van der Waals surface area (Å²) in [5, 5.41) is 0.580. The molecule has 0 radical (unpaired) electrons. The zero-order chi connectivity index (χ0) is 10.0. The van der Waals surface area contributed by atoms with E-state index in [2.05, 4.69) is 9.72 Å². The molecule has 0 saturated heterocycles. The number of halogens is 2. The average molecular weight is 220 g/mol. The number of hydrogen-bond acceptors (Lipinski definition) is 3. The van der Waals surface area contributed by atoms with Gasteiger partial charge in [0.25, 0.3) is 0 Å². The molecule has 3 nitrogen and oxygen atoms in total. The van der Waals surface area contributed by atoms with Gasteiger partial charge in [-0.2, -0.15) is 0 Å². The second kappa shape index (κ2) is 3.94. The Hall–Kier alpha value is -0.800. The molecule has 0 unspecified atom stereocenters. The van der Waals surface area contributed by atoms with E-state index in [0.29, 0.717) is 10.6 Å². The number of rotatable bonds is 1. The van der Waals surface area contributed by atoms with E-state index in [1.165, 1.54) is 13.2 Å². The summed E-state index contributed by atoms with van der Waals surface area (Å²) in [6, 6.07) is 1.48. The minimum absolute atomic E-state index is 0.153. The maximum atomic E-state index is 11.1. The number of nitrogens with zero attached hydrogens (tertiary/aromatic N) is 1. The van der Waals surface area contributed by atoms with Crippen molar-refractivity contribution in [3.05, 3.63) is 27.5 Å². The summed E-state index contributed by atoms with van der Waals surface area (Å²) in [6.07, 6.45) is 0. The number of carbonyl (C=O) groups is 1. The van der Waals surface area contributed by atoms with E-state index in [1.54, 1.807) is 6.92 Å². The Morgan fingerprint density at radius 1 is 1.54 bits per heavy atom. The van der Waals surface area contributed by atoms with Gasteiger partial charge in [0.1, 0.15) is 5.15 Å². The van der Waals surface area contributed by atoms with Crippen molar-refractivity contribution < 1.29 is 9.53 Å². The van der Waals surface area contributed by atoms with E-state index in [4.69, 9.17) is 23.2 Å². The Bertz CT molecular complexity index is 352. The fraction of sp³-hybridized carbons (Fsp3) is 0.250. The number of esters is 1. The van der Waals surface area contributed by atoms with Crippen molar-refractivity contribution in [2.24, 2.45) is 0 Å². The molecule has 0 bridgehead atoms. The lowest BCUT2D eigenvalue weighted by atomic mass is 10.2. The molecular weight excluding hydrogens is 213 g/mol. The van der Waals surface area contributed by atoms with E-state index in [0.717, 1.165) is 0 Å². The van der Waals surface area contributed by atoms with E-state index in [9.17, 15) is 4.79 Å². The second-order valence-electron chi connectivity index (χ2n) is 2.39. The van der Waals surface area contributed by atoms with Crippen LogP contribution in [0.1, 0.15) is 16.1 Å². The third-order valence-corrected chi connectivity index (χ3v) is 2.14. The lowest BCUT2D eigenvalue weighted by Gasteiger charge is -2.04. The largest absolute Gasteiger partial charge is 0.464 e. The quantitative estimate of drug-likeness (QED) is 0.539. The van der Waals surface area contributed by atoms with Crippen LogP contribution >= 0.6 is 23.2 Å². The van der Waals surface area contributed by atoms with Gasteiger partial charge in [-0.1, -0.05) is 23.2 Å². The predicted molar refractivity (Wildman–Crippen MR) is 50.3 cm³/mol. The minimum Gasteiger partial charge on any atom is -0.464 e. The molecule has 0 N–H and O–H groups in total. The third-order valence-electron chi connectivity index (χ3n) is 1.56. The summed E-state index contributed by atoms with van der Waals surface area (Å²) < 4.78 is 4.51. The minimum atomic E-state index is -0.540. The van der Waals surface area contributed by atoms with Gasteiger partial charge in [0.2, 0.25) is 0 Å². The van der Waals surface area contributed by atoms with Gasteiger partial charge < -0.3 is 4.74 Å². The maximum absolute atomic E-state index is 11.1. The molecule has 1 heterocycles. The zero-order valence-corrected chi connectivity index (χ0v) is 8.61. The number of aromatic nitrogens is 1. The average Bonchev–Trinajstić information content (AvgIpc) is 2.10. The number of ether oxygens (including phenoxy) is 1. The topological polar surface area (TPSA) is 39.2 Å². The zero-order valence-electron chi connectivity index (χ0n) is 7.10. The second-order valence-corrected chi connectivity index (χ2v) is 3.19.